The number of halogens is 2. The van der Waals surface area contributed by atoms with E-state index in [2.05, 4.69) is 5.10 Å². The van der Waals surface area contributed by atoms with Crippen LogP contribution in [0.15, 0.2) is 12.1 Å². The first-order valence-electron chi connectivity index (χ1n) is 10.2. The Kier molecular flexibility index (Phi) is 7.36. The molecule has 2 aromatic rings. The van der Waals surface area contributed by atoms with Crippen LogP contribution in [0.2, 0.25) is 0 Å². The summed E-state index contributed by atoms with van der Waals surface area (Å²) in [6.45, 7) is 4.80. The van der Waals surface area contributed by atoms with Gasteiger partial charge in [-0.2, -0.15) is 0 Å². The molecule has 1 aliphatic rings. The van der Waals surface area contributed by atoms with Crippen molar-refractivity contribution in [2.45, 2.75) is 63.9 Å². The Balaban J connectivity index is 1.98. The van der Waals surface area contributed by atoms with Crippen LogP contribution in [0.25, 0.3) is 0 Å². The Labute approximate surface area is 183 Å². The first-order chi connectivity index (χ1) is 15.1. The van der Waals surface area contributed by atoms with Gasteiger partial charge in [0.15, 0.2) is 0 Å². The van der Waals surface area contributed by atoms with Crippen molar-refractivity contribution in [2.75, 3.05) is 13.7 Å². The summed E-state index contributed by atoms with van der Waals surface area (Å²) in [4.78, 5) is 0. The number of benzene rings is 1. The molecule has 9 nitrogen and oxygen atoms in total. The average Bonchev–Trinajstić information content (AvgIpc) is 3.06. The predicted octanol–water partition coefficient (Wildman–Crippen LogP) is 0.829. The van der Waals surface area contributed by atoms with E-state index in [1.165, 1.54) is 7.11 Å². The van der Waals surface area contributed by atoms with Crippen LogP contribution in [0.5, 0.6) is 11.6 Å². The molecule has 1 saturated heterocycles. The normalized spacial score (nSPS) is 25.9. The Hall–Kier alpha value is -2.31. The summed E-state index contributed by atoms with van der Waals surface area (Å²) in [6, 6.07) is 2.02. The highest BCUT2D eigenvalue weighted by Gasteiger charge is 2.45. The molecule has 3 rings (SSSR count). The fraction of sp³-hybridized carbons (Fsp3) is 0.571. The summed E-state index contributed by atoms with van der Waals surface area (Å²) in [7, 11) is 1.30. The number of methoxy groups -OCH3 is 1. The maximum absolute atomic E-state index is 14.6. The van der Waals surface area contributed by atoms with Gasteiger partial charge in [0, 0.05) is 41.4 Å². The summed E-state index contributed by atoms with van der Waals surface area (Å²) in [6.07, 6.45) is -7.71. The molecule has 5 atom stereocenters. The lowest BCUT2D eigenvalue weighted by molar-refractivity contribution is -0.278. The van der Waals surface area contributed by atoms with Crippen LogP contribution >= 0.6 is 0 Å². The van der Waals surface area contributed by atoms with Crippen LogP contribution in [-0.4, -0.2) is 74.6 Å². The SMILES string of the molecule is COc1cc(F)c(Cc2c(O[C@@H]3O[C@H](CO)[C@@H](O)C(O)[C@H]3O)nn(C(C)C)c2C)c(F)c1. The number of aliphatic hydroxyl groups is 4. The molecular weight excluding hydrogens is 430 g/mol. The highest BCUT2D eigenvalue weighted by molar-refractivity contribution is 5.39. The number of hydrogen-bond donors (Lipinski definition) is 4. The van der Waals surface area contributed by atoms with E-state index in [-0.39, 0.29) is 29.7 Å². The molecule has 2 heterocycles. The van der Waals surface area contributed by atoms with Gasteiger partial charge in [-0.05, 0) is 20.8 Å². The minimum Gasteiger partial charge on any atom is -0.497 e. The molecule has 1 aliphatic heterocycles. The Morgan fingerprint density at radius 1 is 1.09 bits per heavy atom. The van der Waals surface area contributed by atoms with Crippen molar-refractivity contribution in [1.29, 1.82) is 0 Å². The highest BCUT2D eigenvalue weighted by atomic mass is 19.1. The van der Waals surface area contributed by atoms with E-state index < -0.39 is 48.9 Å². The smallest absolute Gasteiger partial charge is 0.239 e. The van der Waals surface area contributed by atoms with Crippen LogP contribution < -0.4 is 9.47 Å². The van der Waals surface area contributed by atoms with Crippen molar-refractivity contribution in [3.63, 3.8) is 0 Å². The van der Waals surface area contributed by atoms with Gasteiger partial charge < -0.3 is 34.6 Å². The standard InChI is InChI=1S/C21H28F2N2O7/c1-9(2)25-10(3)12(7-13-14(22)5-11(30-4)6-15(13)23)20(24-25)32-21-19(29)18(28)17(27)16(8-26)31-21/h5-6,9,16-19,21,26-29H,7-8H2,1-4H3/t16-,17-,18?,19-,21+/m1/s1. The van der Waals surface area contributed by atoms with E-state index in [0.717, 1.165) is 12.1 Å². The van der Waals surface area contributed by atoms with Gasteiger partial charge in [-0.1, -0.05) is 0 Å². The van der Waals surface area contributed by atoms with Gasteiger partial charge in [0.25, 0.3) is 0 Å². The second kappa shape index (κ2) is 9.67. The predicted molar refractivity (Wildman–Crippen MR) is 107 cm³/mol. The molecule has 0 aliphatic carbocycles. The van der Waals surface area contributed by atoms with E-state index in [0.29, 0.717) is 11.3 Å². The molecule has 4 N–H and O–H groups in total. The zero-order chi connectivity index (χ0) is 23.7. The Morgan fingerprint density at radius 3 is 2.25 bits per heavy atom. The Bertz CT molecular complexity index is 927. The van der Waals surface area contributed by atoms with Crippen molar-refractivity contribution in [3.05, 3.63) is 40.6 Å². The van der Waals surface area contributed by atoms with Crippen molar-refractivity contribution in [3.8, 4) is 11.6 Å². The van der Waals surface area contributed by atoms with Gasteiger partial charge in [-0.25, -0.2) is 8.78 Å². The molecule has 0 spiro atoms. The van der Waals surface area contributed by atoms with Gasteiger partial charge in [-0.3, -0.25) is 4.68 Å². The van der Waals surface area contributed by atoms with Crippen molar-refractivity contribution in [2.24, 2.45) is 0 Å². The largest absolute Gasteiger partial charge is 0.497 e. The molecule has 0 bridgehead atoms. The zero-order valence-corrected chi connectivity index (χ0v) is 18.2. The number of nitrogens with zero attached hydrogens (tertiary/aromatic N) is 2. The minimum atomic E-state index is -1.65. The topological polar surface area (TPSA) is 126 Å². The number of aliphatic hydroxyl groups excluding tert-OH is 4. The third kappa shape index (κ3) is 4.57. The summed E-state index contributed by atoms with van der Waals surface area (Å²) in [5, 5.41) is 44.0. The molecule has 32 heavy (non-hydrogen) atoms. The molecule has 0 amide bonds. The lowest BCUT2D eigenvalue weighted by Crippen LogP contribution is -2.60. The summed E-state index contributed by atoms with van der Waals surface area (Å²) in [5.41, 5.74) is 0.698. The van der Waals surface area contributed by atoms with E-state index in [4.69, 9.17) is 14.2 Å². The number of ether oxygens (including phenoxy) is 3. The van der Waals surface area contributed by atoms with Crippen molar-refractivity contribution >= 4 is 0 Å². The second-order valence-corrected chi connectivity index (χ2v) is 7.97. The van der Waals surface area contributed by atoms with Gasteiger partial charge >= 0.3 is 0 Å². The quantitative estimate of drug-likeness (QED) is 0.481. The van der Waals surface area contributed by atoms with Crippen LogP contribution in [0.3, 0.4) is 0 Å². The molecule has 1 fully saturated rings. The number of aromatic nitrogens is 2. The van der Waals surface area contributed by atoms with Crippen LogP contribution in [0.4, 0.5) is 8.78 Å². The minimum absolute atomic E-state index is 0.0381. The van der Waals surface area contributed by atoms with Crippen molar-refractivity contribution in [1.82, 2.24) is 9.78 Å². The van der Waals surface area contributed by atoms with Crippen LogP contribution in [0.1, 0.15) is 36.7 Å². The molecule has 1 unspecified atom stereocenters. The molecule has 178 valence electrons. The van der Waals surface area contributed by atoms with E-state index in [1.54, 1.807) is 11.6 Å². The maximum atomic E-state index is 14.6. The van der Waals surface area contributed by atoms with Crippen LogP contribution in [0, 0.1) is 18.6 Å². The fourth-order valence-electron chi connectivity index (χ4n) is 3.65. The van der Waals surface area contributed by atoms with Crippen molar-refractivity contribution < 1.29 is 43.4 Å². The van der Waals surface area contributed by atoms with E-state index in [1.807, 2.05) is 13.8 Å². The van der Waals surface area contributed by atoms with Gasteiger partial charge in [-0.15, -0.1) is 5.10 Å². The molecule has 1 aromatic heterocycles. The van der Waals surface area contributed by atoms with Gasteiger partial charge in [0.2, 0.25) is 12.2 Å². The van der Waals surface area contributed by atoms with Crippen LogP contribution in [-0.2, 0) is 11.2 Å². The monoisotopic (exact) mass is 458 g/mol. The average molecular weight is 458 g/mol. The highest BCUT2D eigenvalue weighted by Crippen LogP contribution is 2.32. The van der Waals surface area contributed by atoms with Gasteiger partial charge in [0.1, 0.15) is 41.8 Å². The maximum Gasteiger partial charge on any atom is 0.239 e. The summed E-state index contributed by atoms with van der Waals surface area (Å²) >= 11 is 0. The first-order valence-corrected chi connectivity index (χ1v) is 10.2. The lowest BCUT2D eigenvalue weighted by atomic mass is 9.99. The molecule has 1 aromatic carbocycles. The third-order valence-corrected chi connectivity index (χ3v) is 5.51. The second-order valence-electron chi connectivity index (χ2n) is 7.97. The molecule has 11 heteroatoms. The lowest BCUT2D eigenvalue weighted by Gasteiger charge is -2.39. The van der Waals surface area contributed by atoms with Gasteiger partial charge in [0.05, 0.1) is 13.7 Å². The molecular formula is C21H28F2N2O7. The molecule has 0 saturated carbocycles. The summed E-state index contributed by atoms with van der Waals surface area (Å²) < 4.78 is 46.7. The summed E-state index contributed by atoms with van der Waals surface area (Å²) in [5.74, 6) is -1.64. The first kappa shape index (κ1) is 24.3. The fourth-order valence-corrected chi connectivity index (χ4v) is 3.65. The number of hydrogen-bond acceptors (Lipinski definition) is 8. The number of rotatable bonds is 7. The molecule has 0 radical (unpaired) electrons. The zero-order valence-electron chi connectivity index (χ0n) is 18.2. The third-order valence-electron chi connectivity index (χ3n) is 5.51. The Morgan fingerprint density at radius 2 is 1.72 bits per heavy atom. The van der Waals surface area contributed by atoms with E-state index in [9.17, 15) is 29.2 Å². The van der Waals surface area contributed by atoms with E-state index >= 15 is 0 Å².